The molecular formula is C18H21N5O. The fourth-order valence-electron chi connectivity index (χ4n) is 3.04. The molecule has 1 saturated heterocycles. The lowest BCUT2D eigenvalue weighted by molar-refractivity contribution is 0.120. The van der Waals surface area contributed by atoms with Crippen molar-refractivity contribution in [1.82, 2.24) is 19.7 Å². The molecule has 0 radical (unpaired) electrons. The molecule has 124 valence electrons. The number of ether oxygens (including phenoxy) is 1. The van der Waals surface area contributed by atoms with Gasteiger partial charge in [0.05, 0.1) is 23.4 Å². The van der Waals surface area contributed by atoms with E-state index in [0.717, 1.165) is 54.4 Å². The summed E-state index contributed by atoms with van der Waals surface area (Å²) in [5.74, 6) is 1.55. The third-order valence-corrected chi connectivity index (χ3v) is 4.34. The maximum absolute atomic E-state index is 5.68. The number of fused-ring (bicyclic) bond motifs is 1. The van der Waals surface area contributed by atoms with Gasteiger partial charge in [0.1, 0.15) is 11.6 Å². The molecule has 1 fully saturated rings. The van der Waals surface area contributed by atoms with Crippen molar-refractivity contribution in [2.45, 2.75) is 32.8 Å². The third kappa shape index (κ3) is 2.85. The highest BCUT2D eigenvalue weighted by atomic mass is 16.5. The molecule has 6 heteroatoms. The summed E-state index contributed by atoms with van der Waals surface area (Å²) in [6.07, 6.45) is 4.33. The zero-order valence-electron chi connectivity index (χ0n) is 14.0. The van der Waals surface area contributed by atoms with Crippen LogP contribution in [0, 0.1) is 13.8 Å². The van der Waals surface area contributed by atoms with Crippen LogP contribution in [0.4, 0.5) is 5.82 Å². The SMILES string of the molecule is Cc1ccc(-n2ncc3c(NCC4CCCO4)nc(C)nc32)cc1. The fraction of sp³-hybridized carbons (Fsp3) is 0.389. The third-order valence-electron chi connectivity index (χ3n) is 4.34. The topological polar surface area (TPSA) is 64.9 Å². The van der Waals surface area contributed by atoms with E-state index in [2.05, 4.69) is 51.6 Å². The van der Waals surface area contributed by atoms with Crippen LogP contribution < -0.4 is 5.32 Å². The quantitative estimate of drug-likeness (QED) is 0.799. The molecule has 0 aliphatic carbocycles. The Bertz CT molecular complexity index is 850. The summed E-state index contributed by atoms with van der Waals surface area (Å²) in [6, 6.07) is 8.26. The van der Waals surface area contributed by atoms with Gasteiger partial charge in [0, 0.05) is 13.2 Å². The van der Waals surface area contributed by atoms with E-state index in [4.69, 9.17) is 4.74 Å². The first-order chi connectivity index (χ1) is 11.7. The Morgan fingerprint density at radius 1 is 1.21 bits per heavy atom. The predicted octanol–water partition coefficient (Wildman–Crippen LogP) is 3.02. The number of nitrogens with zero attached hydrogens (tertiary/aromatic N) is 4. The Morgan fingerprint density at radius 2 is 2.04 bits per heavy atom. The van der Waals surface area contributed by atoms with Crippen LogP contribution in [0.25, 0.3) is 16.7 Å². The van der Waals surface area contributed by atoms with E-state index in [1.165, 1.54) is 5.56 Å². The van der Waals surface area contributed by atoms with Gasteiger partial charge in [-0.1, -0.05) is 17.7 Å². The van der Waals surface area contributed by atoms with Gasteiger partial charge in [-0.2, -0.15) is 5.10 Å². The molecular weight excluding hydrogens is 302 g/mol. The summed E-state index contributed by atoms with van der Waals surface area (Å²) in [5.41, 5.74) is 3.04. The summed E-state index contributed by atoms with van der Waals surface area (Å²) in [4.78, 5) is 9.15. The van der Waals surface area contributed by atoms with Crippen LogP contribution in [-0.4, -0.2) is 39.0 Å². The Morgan fingerprint density at radius 3 is 2.79 bits per heavy atom. The Balaban J connectivity index is 1.69. The van der Waals surface area contributed by atoms with E-state index in [9.17, 15) is 0 Å². The van der Waals surface area contributed by atoms with Gasteiger partial charge in [-0.3, -0.25) is 0 Å². The van der Waals surface area contributed by atoms with Crippen LogP contribution >= 0.6 is 0 Å². The smallest absolute Gasteiger partial charge is 0.168 e. The van der Waals surface area contributed by atoms with Crippen LogP contribution in [0.2, 0.25) is 0 Å². The minimum absolute atomic E-state index is 0.266. The van der Waals surface area contributed by atoms with E-state index in [-0.39, 0.29) is 6.10 Å². The number of aromatic nitrogens is 4. The zero-order chi connectivity index (χ0) is 16.5. The van der Waals surface area contributed by atoms with Gasteiger partial charge < -0.3 is 10.1 Å². The van der Waals surface area contributed by atoms with Crippen LogP contribution in [0.3, 0.4) is 0 Å². The second-order valence-corrected chi connectivity index (χ2v) is 6.26. The average Bonchev–Trinajstić information content (AvgIpc) is 3.23. The van der Waals surface area contributed by atoms with E-state index in [0.29, 0.717) is 0 Å². The molecule has 2 aromatic heterocycles. The summed E-state index contributed by atoms with van der Waals surface area (Å²) >= 11 is 0. The zero-order valence-corrected chi connectivity index (χ0v) is 14.0. The van der Waals surface area contributed by atoms with Gasteiger partial charge in [0.25, 0.3) is 0 Å². The number of aryl methyl sites for hydroxylation is 2. The lowest BCUT2D eigenvalue weighted by atomic mass is 10.2. The molecule has 0 spiro atoms. The maximum atomic E-state index is 5.68. The highest BCUT2D eigenvalue weighted by Gasteiger charge is 2.17. The van der Waals surface area contributed by atoms with E-state index >= 15 is 0 Å². The van der Waals surface area contributed by atoms with Gasteiger partial charge in [0.15, 0.2) is 5.65 Å². The molecule has 1 aromatic carbocycles. The van der Waals surface area contributed by atoms with Gasteiger partial charge >= 0.3 is 0 Å². The molecule has 3 heterocycles. The monoisotopic (exact) mass is 323 g/mol. The van der Waals surface area contributed by atoms with E-state index in [1.54, 1.807) is 0 Å². The molecule has 0 amide bonds. The summed E-state index contributed by atoms with van der Waals surface area (Å²) in [7, 11) is 0. The lowest BCUT2D eigenvalue weighted by Gasteiger charge is -2.12. The van der Waals surface area contributed by atoms with Crippen LogP contribution in [0.1, 0.15) is 24.2 Å². The summed E-state index contributed by atoms with van der Waals surface area (Å²) < 4.78 is 7.54. The highest BCUT2D eigenvalue weighted by molar-refractivity contribution is 5.87. The number of hydrogen-bond acceptors (Lipinski definition) is 5. The number of rotatable bonds is 4. The second kappa shape index (κ2) is 6.20. The molecule has 1 aliphatic rings. The van der Waals surface area contributed by atoms with Crippen molar-refractivity contribution in [1.29, 1.82) is 0 Å². The van der Waals surface area contributed by atoms with Crippen molar-refractivity contribution < 1.29 is 4.74 Å². The molecule has 3 aromatic rings. The number of nitrogens with one attached hydrogen (secondary N) is 1. The lowest BCUT2D eigenvalue weighted by Crippen LogP contribution is -2.19. The van der Waals surface area contributed by atoms with Gasteiger partial charge in [-0.15, -0.1) is 0 Å². The van der Waals surface area contributed by atoms with Crippen LogP contribution in [0.15, 0.2) is 30.5 Å². The number of hydrogen-bond donors (Lipinski definition) is 1. The molecule has 0 saturated carbocycles. The first-order valence-corrected chi connectivity index (χ1v) is 8.35. The van der Waals surface area contributed by atoms with Gasteiger partial charge in [-0.25, -0.2) is 14.6 Å². The van der Waals surface area contributed by atoms with Crippen molar-refractivity contribution in [3.63, 3.8) is 0 Å². The fourth-order valence-corrected chi connectivity index (χ4v) is 3.04. The Kier molecular flexibility index (Phi) is 3.90. The van der Waals surface area contributed by atoms with Crippen molar-refractivity contribution >= 4 is 16.9 Å². The number of anilines is 1. The molecule has 1 atom stereocenters. The van der Waals surface area contributed by atoms with Crippen molar-refractivity contribution in [3.05, 3.63) is 41.9 Å². The molecule has 0 bridgehead atoms. The Hall–Kier alpha value is -2.47. The molecule has 1 unspecified atom stereocenters. The van der Waals surface area contributed by atoms with Crippen LogP contribution in [-0.2, 0) is 4.74 Å². The first kappa shape index (κ1) is 15.1. The molecule has 6 nitrogen and oxygen atoms in total. The molecule has 1 aliphatic heterocycles. The van der Waals surface area contributed by atoms with E-state index < -0.39 is 0 Å². The predicted molar refractivity (Wildman–Crippen MR) is 93.6 cm³/mol. The maximum Gasteiger partial charge on any atom is 0.168 e. The van der Waals surface area contributed by atoms with Crippen molar-refractivity contribution in [2.24, 2.45) is 0 Å². The van der Waals surface area contributed by atoms with Crippen molar-refractivity contribution in [2.75, 3.05) is 18.5 Å². The normalized spacial score (nSPS) is 17.5. The van der Waals surface area contributed by atoms with Crippen LogP contribution in [0.5, 0.6) is 0 Å². The molecule has 4 rings (SSSR count). The van der Waals surface area contributed by atoms with Gasteiger partial charge in [-0.05, 0) is 38.8 Å². The van der Waals surface area contributed by atoms with Crippen molar-refractivity contribution in [3.8, 4) is 5.69 Å². The summed E-state index contributed by atoms with van der Waals surface area (Å²) in [5, 5.41) is 8.86. The largest absolute Gasteiger partial charge is 0.376 e. The average molecular weight is 323 g/mol. The minimum Gasteiger partial charge on any atom is -0.376 e. The molecule has 1 N–H and O–H groups in total. The summed E-state index contributed by atoms with van der Waals surface area (Å²) in [6.45, 7) is 5.60. The highest BCUT2D eigenvalue weighted by Crippen LogP contribution is 2.23. The minimum atomic E-state index is 0.266. The number of benzene rings is 1. The van der Waals surface area contributed by atoms with Gasteiger partial charge in [0.2, 0.25) is 0 Å². The standard InChI is InChI=1S/C18H21N5O/c1-12-5-7-14(8-6-12)23-18-16(11-20-23)17(21-13(2)22-18)19-10-15-4-3-9-24-15/h5-8,11,15H,3-4,9-10H2,1-2H3,(H,19,21,22). The Labute approximate surface area is 140 Å². The van der Waals surface area contributed by atoms with E-state index in [1.807, 2.05) is 17.8 Å². The first-order valence-electron chi connectivity index (χ1n) is 8.35. The molecule has 24 heavy (non-hydrogen) atoms. The second-order valence-electron chi connectivity index (χ2n) is 6.26.